The van der Waals surface area contributed by atoms with E-state index in [9.17, 15) is 0 Å². The van der Waals surface area contributed by atoms with Crippen LogP contribution in [0.3, 0.4) is 0 Å². The lowest BCUT2D eigenvalue weighted by atomic mass is 9.82. The van der Waals surface area contributed by atoms with Crippen molar-refractivity contribution < 1.29 is 4.74 Å². The Kier molecular flexibility index (Phi) is 2.21. The molecule has 0 aromatic heterocycles. The van der Waals surface area contributed by atoms with E-state index in [1.807, 2.05) is 12.1 Å². The van der Waals surface area contributed by atoms with Gasteiger partial charge in [0.15, 0.2) is 0 Å². The Balaban J connectivity index is 2.43. The molecule has 3 heteroatoms. The lowest BCUT2D eigenvalue weighted by Crippen LogP contribution is -2.63. The molecule has 3 N–H and O–H groups in total. The van der Waals surface area contributed by atoms with Gasteiger partial charge in [-0.05, 0) is 24.1 Å². The monoisotopic (exact) mass is 192 g/mol. The highest BCUT2D eigenvalue weighted by Gasteiger charge is 2.35. The number of methoxy groups -OCH3 is 1. The molecule has 1 heterocycles. The van der Waals surface area contributed by atoms with Crippen LogP contribution in [0.2, 0.25) is 0 Å². The average molecular weight is 192 g/mol. The summed E-state index contributed by atoms with van der Waals surface area (Å²) in [6, 6.07) is 6.04. The molecule has 1 aromatic carbocycles. The highest BCUT2D eigenvalue weighted by atomic mass is 16.5. The largest absolute Gasteiger partial charge is 0.496 e. The topological polar surface area (TPSA) is 47.3 Å². The third-order valence-corrected chi connectivity index (χ3v) is 2.92. The van der Waals surface area contributed by atoms with Crippen LogP contribution in [0.1, 0.15) is 11.1 Å². The molecule has 1 aliphatic heterocycles. The van der Waals surface area contributed by atoms with E-state index >= 15 is 0 Å². The van der Waals surface area contributed by atoms with Crippen molar-refractivity contribution in [1.82, 2.24) is 5.32 Å². The quantitative estimate of drug-likeness (QED) is 0.727. The first-order valence-corrected chi connectivity index (χ1v) is 4.81. The molecule has 0 unspecified atom stereocenters. The van der Waals surface area contributed by atoms with Crippen LogP contribution in [-0.4, -0.2) is 20.2 Å². The Morgan fingerprint density at radius 3 is 2.64 bits per heavy atom. The summed E-state index contributed by atoms with van der Waals surface area (Å²) in [7, 11) is 1.69. The summed E-state index contributed by atoms with van der Waals surface area (Å²) in [6.45, 7) is 3.75. The van der Waals surface area contributed by atoms with Gasteiger partial charge >= 0.3 is 0 Å². The first kappa shape index (κ1) is 9.49. The van der Waals surface area contributed by atoms with Crippen LogP contribution in [0.25, 0.3) is 0 Å². The molecule has 1 aromatic rings. The number of benzene rings is 1. The minimum Gasteiger partial charge on any atom is -0.496 e. The molecule has 2 rings (SSSR count). The fourth-order valence-corrected chi connectivity index (χ4v) is 1.96. The number of nitrogens with one attached hydrogen (secondary N) is 1. The van der Waals surface area contributed by atoms with Crippen molar-refractivity contribution in [1.29, 1.82) is 0 Å². The van der Waals surface area contributed by atoms with Gasteiger partial charge in [0.25, 0.3) is 0 Å². The molecule has 1 fully saturated rings. The summed E-state index contributed by atoms with van der Waals surface area (Å²) in [5.41, 5.74) is 8.38. The van der Waals surface area contributed by atoms with Gasteiger partial charge in [-0.1, -0.05) is 12.1 Å². The Bertz CT molecular complexity index is 345. The molecule has 1 saturated heterocycles. The maximum Gasteiger partial charge on any atom is 0.122 e. The molecule has 0 bridgehead atoms. The minimum absolute atomic E-state index is 0.196. The summed E-state index contributed by atoms with van der Waals surface area (Å²) in [6.07, 6.45) is 0. The standard InChI is InChI=1S/C11H16N2O/c1-8-9(11(12)6-13-7-11)4-3-5-10(8)14-2/h3-5,13H,6-7,12H2,1-2H3. The van der Waals surface area contributed by atoms with Crippen LogP contribution in [0.5, 0.6) is 5.75 Å². The van der Waals surface area contributed by atoms with Crippen LogP contribution in [0, 0.1) is 6.92 Å². The smallest absolute Gasteiger partial charge is 0.122 e. The molecular weight excluding hydrogens is 176 g/mol. The van der Waals surface area contributed by atoms with Crippen LogP contribution >= 0.6 is 0 Å². The fourth-order valence-electron chi connectivity index (χ4n) is 1.96. The Morgan fingerprint density at radius 1 is 1.43 bits per heavy atom. The molecule has 0 saturated carbocycles. The van der Waals surface area contributed by atoms with E-state index in [1.54, 1.807) is 7.11 Å². The summed E-state index contributed by atoms with van der Waals surface area (Å²) in [4.78, 5) is 0. The maximum atomic E-state index is 6.23. The molecule has 0 radical (unpaired) electrons. The van der Waals surface area contributed by atoms with Crippen LogP contribution < -0.4 is 15.8 Å². The van der Waals surface area contributed by atoms with E-state index in [-0.39, 0.29) is 5.54 Å². The van der Waals surface area contributed by atoms with Gasteiger partial charge in [0, 0.05) is 13.1 Å². The maximum absolute atomic E-state index is 6.23. The molecule has 3 nitrogen and oxygen atoms in total. The Hall–Kier alpha value is -1.06. The van der Waals surface area contributed by atoms with Crippen molar-refractivity contribution in [3.63, 3.8) is 0 Å². The molecule has 0 atom stereocenters. The van der Waals surface area contributed by atoms with Gasteiger partial charge in [-0.3, -0.25) is 0 Å². The van der Waals surface area contributed by atoms with Gasteiger partial charge in [-0.15, -0.1) is 0 Å². The van der Waals surface area contributed by atoms with Gasteiger partial charge in [-0.2, -0.15) is 0 Å². The van der Waals surface area contributed by atoms with Crippen molar-refractivity contribution in [2.24, 2.45) is 5.73 Å². The lowest BCUT2D eigenvalue weighted by molar-refractivity contribution is 0.284. The minimum atomic E-state index is -0.196. The van der Waals surface area contributed by atoms with Crippen molar-refractivity contribution >= 4 is 0 Å². The second kappa shape index (κ2) is 3.26. The molecular formula is C11H16N2O. The van der Waals surface area contributed by atoms with Crippen LogP contribution in [0.15, 0.2) is 18.2 Å². The number of ether oxygens (including phenoxy) is 1. The first-order valence-electron chi connectivity index (χ1n) is 4.81. The van der Waals surface area contributed by atoms with E-state index in [0.717, 1.165) is 24.4 Å². The van der Waals surface area contributed by atoms with E-state index in [0.29, 0.717) is 0 Å². The first-order chi connectivity index (χ1) is 6.67. The van der Waals surface area contributed by atoms with E-state index in [4.69, 9.17) is 10.5 Å². The number of hydrogen-bond acceptors (Lipinski definition) is 3. The Labute approximate surface area is 84.3 Å². The van der Waals surface area contributed by atoms with Gasteiger partial charge in [-0.25, -0.2) is 0 Å². The summed E-state index contributed by atoms with van der Waals surface area (Å²) < 4.78 is 5.27. The van der Waals surface area contributed by atoms with Crippen molar-refractivity contribution in [2.45, 2.75) is 12.5 Å². The second-order valence-electron chi connectivity index (χ2n) is 3.89. The lowest BCUT2D eigenvalue weighted by Gasteiger charge is -2.40. The predicted molar refractivity (Wildman–Crippen MR) is 56.5 cm³/mol. The van der Waals surface area contributed by atoms with Gasteiger partial charge in [0.2, 0.25) is 0 Å². The van der Waals surface area contributed by atoms with Crippen molar-refractivity contribution in [2.75, 3.05) is 20.2 Å². The SMILES string of the molecule is COc1cccc(C2(N)CNC2)c1C. The summed E-state index contributed by atoms with van der Waals surface area (Å²) in [5, 5.41) is 3.20. The van der Waals surface area contributed by atoms with E-state index in [1.165, 1.54) is 5.56 Å². The van der Waals surface area contributed by atoms with Gasteiger partial charge < -0.3 is 15.8 Å². The highest BCUT2D eigenvalue weighted by molar-refractivity contribution is 5.44. The van der Waals surface area contributed by atoms with E-state index in [2.05, 4.69) is 18.3 Å². The van der Waals surface area contributed by atoms with Crippen LogP contribution in [-0.2, 0) is 5.54 Å². The molecule has 0 spiro atoms. The normalized spacial score (nSPS) is 18.8. The third kappa shape index (κ3) is 1.29. The number of rotatable bonds is 2. The molecule has 14 heavy (non-hydrogen) atoms. The van der Waals surface area contributed by atoms with Crippen molar-refractivity contribution in [3.05, 3.63) is 29.3 Å². The third-order valence-electron chi connectivity index (χ3n) is 2.92. The highest BCUT2D eigenvalue weighted by Crippen LogP contribution is 2.30. The average Bonchev–Trinajstić information content (AvgIpc) is 2.15. The Morgan fingerprint density at radius 2 is 2.14 bits per heavy atom. The van der Waals surface area contributed by atoms with Crippen LogP contribution in [0.4, 0.5) is 0 Å². The zero-order valence-corrected chi connectivity index (χ0v) is 8.63. The second-order valence-corrected chi connectivity index (χ2v) is 3.89. The molecule has 0 amide bonds. The molecule has 1 aliphatic rings. The molecule has 0 aliphatic carbocycles. The zero-order valence-electron chi connectivity index (χ0n) is 8.63. The fraction of sp³-hybridized carbons (Fsp3) is 0.455. The number of nitrogens with two attached hydrogens (primary N) is 1. The predicted octanol–water partition coefficient (Wildman–Crippen LogP) is 0.761. The number of hydrogen-bond donors (Lipinski definition) is 2. The summed E-state index contributed by atoms with van der Waals surface area (Å²) >= 11 is 0. The van der Waals surface area contributed by atoms with Crippen molar-refractivity contribution in [3.8, 4) is 5.75 Å². The zero-order chi connectivity index (χ0) is 10.2. The summed E-state index contributed by atoms with van der Waals surface area (Å²) in [5.74, 6) is 0.916. The molecule has 76 valence electrons. The van der Waals surface area contributed by atoms with Gasteiger partial charge in [0.05, 0.1) is 12.6 Å². The van der Waals surface area contributed by atoms with Gasteiger partial charge in [0.1, 0.15) is 5.75 Å². The van der Waals surface area contributed by atoms with E-state index < -0.39 is 0 Å².